The van der Waals surface area contributed by atoms with Crippen LogP contribution in [0.15, 0.2) is 30.7 Å². The molecule has 1 N–H and O–H groups in total. The molecule has 1 saturated heterocycles. The highest BCUT2D eigenvalue weighted by atomic mass is 127. The molecule has 5 heteroatoms. The van der Waals surface area contributed by atoms with Crippen molar-refractivity contribution in [2.45, 2.75) is 5.92 Å². The number of aromatic nitrogens is 2. The van der Waals surface area contributed by atoms with Crippen LogP contribution in [0.4, 0.5) is 0 Å². The molecule has 1 fully saturated rings. The second-order valence-corrected chi connectivity index (χ2v) is 5.79. The molecule has 0 amide bonds. The second kappa shape index (κ2) is 4.59. The molecule has 0 spiro atoms. The third-order valence-corrected chi connectivity index (χ3v) is 4.01. The van der Waals surface area contributed by atoms with E-state index in [2.05, 4.69) is 43.5 Å². The lowest BCUT2D eigenvalue weighted by Crippen LogP contribution is -2.40. The molecule has 1 aliphatic rings. The van der Waals surface area contributed by atoms with Gasteiger partial charge >= 0.3 is 0 Å². The Balaban J connectivity index is 2.05. The number of benzene rings is 1. The Labute approximate surface area is 118 Å². The lowest BCUT2D eigenvalue weighted by Gasteiger charge is -2.28. The van der Waals surface area contributed by atoms with E-state index in [9.17, 15) is 0 Å². The van der Waals surface area contributed by atoms with Gasteiger partial charge in [0.15, 0.2) is 0 Å². The van der Waals surface area contributed by atoms with Crippen molar-refractivity contribution in [1.82, 2.24) is 14.9 Å². The first-order valence-electron chi connectivity index (χ1n) is 5.44. The van der Waals surface area contributed by atoms with E-state index in [4.69, 9.17) is 11.6 Å². The van der Waals surface area contributed by atoms with E-state index in [0.717, 1.165) is 27.4 Å². The molecule has 3 rings (SSSR count). The van der Waals surface area contributed by atoms with Crippen LogP contribution in [0, 0.1) is 3.57 Å². The van der Waals surface area contributed by atoms with E-state index >= 15 is 0 Å². The lowest BCUT2D eigenvalue weighted by atomic mass is 10.00. The molecule has 1 aromatic heterocycles. The molecule has 2 heterocycles. The van der Waals surface area contributed by atoms with Crippen molar-refractivity contribution in [2.75, 3.05) is 13.1 Å². The Hall–Kier alpha value is -0.590. The van der Waals surface area contributed by atoms with Gasteiger partial charge in [-0.3, -0.25) is 0 Å². The zero-order chi connectivity index (χ0) is 11.8. The van der Waals surface area contributed by atoms with Gasteiger partial charge in [0.1, 0.15) is 0 Å². The van der Waals surface area contributed by atoms with Crippen molar-refractivity contribution in [3.63, 3.8) is 0 Å². The molecule has 1 aliphatic heterocycles. The van der Waals surface area contributed by atoms with Gasteiger partial charge in [0, 0.05) is 34.5 Å². The molecule has 3 nitrogen and oxygen atoms in total. The Kier molecular flexibility index (Phi) is 3.10. The molecule has 0 saturated carbocycles. The van der Waals surface area contributed by atoms with Gasteiger partial charge in [0.2, 0.25) is 0 Å². The summed E-state index contributed by atoms with van der Waals surface area (Å²) >= 11 is 8.55. The van der Waals surface area contributed by atoms with Crippen molar-refractivity contribution in [3.8, 4) is 5.69 Å². The highest BCUT2D eigenvalue weighted by Gasteiger charge is 2.23. The average Bonchev–Trinajstić information content (AvgIpc) is 2.64. The fraction of sp³-hybridized carbons (Fsp3) is 0.250. The van der Waals surface area contributed by atoms with Crippen LogP contribution in [-0.2, 0) is 0 Å². The highest BCUT2D eigenvalue weighted by Crippen LogP contribution is 2.27. The average molecular weight is 360 g/mol. The molecule has 0 aliphatic carbocycles. The molecule has 0 unspecified atom stereocenters. The van der Waals surface area contributed by atoms with Crippen LogP contribution < -0.4 is 5.32 Å². The molecule has 1 aromatic carbocycles. The predicted octanol–water partition coefficient (Wildman–Crippen LogP) is 2.82. The minimum atomic E-state index is 0.549. The zero-order valence-electron chi connectivity index (χ0n) is 9.03. The van der Waals surface area contributed by atoms with Gasteiger partial charge < -0.3 is 9.88 Å². The van der Waals surface area contributed by atoms with Gasteiger partial charge in [-0.05, 0) is 40.8 Å². The van der Waals surface area contributed by atoms with Crippen LogP contribution >= 0.6 is 34.2 Å². The fourth-order valence-electron chi connectivity index (χ4n) is 1.98. The minimum Gasteiger partial charge on any atom is -0.315 e. The third kappa shape index (κ3) is 2.09. The van der Waals surface area contributed by atoms with E-state index in [0.29, 0.717) is 5.92 Å². The summed E-state index contributed by atoms with van der Waals surface area (Å²) < 4.78 is 3.23. The molecule has 0 radical (unpaired) electrons. The van der Waals surface area contributed by atoms with E-state index in [-0.39, 0.29) is 0 Å². The van der Waals surface area contributed by atoms with E-state index < -0.39 is 0 Å². The summed E-state index contributed by atoms with van der Waals surface area (Å²) in [6.45, 7) is 2.04. The first-order chi connectivity index (χ1) is 8.25. The van der Waals surface area contributed by atoms with Gasteiger partial charge in [-0.15, -0.1) is 0 Å². The van der Waals surface area contributed by atoms with Crippen molar-refractivity contribution in [3.05, 3.63) is 45.0 Å². The van der Waals surface area contributed by atoms with Gasteiger partial charge in [-0.25, -0.2) is 4.98 Å². The van der Waals surface area contributed by atoms with E-state index in [1.807, 2.05) is 24.7 Å². The van der Waals surface area contributed by atoms with Crippen molar-refractivity contribution < 1.29 is 0 Å². The fourth-order valence-corrected chi connectivity index (χ4v) is 2.93. The summed E-state index contributed by atoms with van der Waals surface area (Å²) in [5.74, 6) is 0.549. The molecule has 2 aromatic rings. The smallest absolute Gasteiger partial charge is 0.0994 e. The van der Waals surface area contributed by atoms with Crippen LogP contribution in [0.2, 0.25) is 5.02 Å². The first kappa shape index (κ1) is 11.5. The molecule has 0 atom stereocenters. The van der Waals surface area contributed by atoms with Gasteiger partial charge in [0.05, 0.1) is 17.0 Å². The predicted molar refractivity (Wildman–Crippen MR) is 76.9 cm³/mol. The van der Waals surface area contributed by atoms with Gasteiger partial charge in [-0.1, -0.05) is 11.6 Å². The standard InChI is InChI=1S/C12H11ClIN3/c13-10-3-9(14)1-2-11(10)17-7-16-6-12(17)8-4-15-5-8/h1-3,6-8,15H,4-5H2. The Morgan fingerprint density at radius 1 is 1.41 bits per heavy atom. The summed E-state index contributed by atoms with van der Waals surface area (Å²) in [6, 6.07) is 6.08. The largest absolute Gasteiger partial charge is 0.315 e. The first-order valence-corrected chi connectivity index (χ1v) is 6.90. The number of rotatable bonds is 2. The number of nitrogens with one attached hydrogen (secondary N) is 1. The maximum Gasteiger partial charge on any atom is 0.0994 e. The van der Waals surface area contributed by atoms with Crippen molar-refractivity contribution >= 4 is 34.2 Å². The van der Waals surface area contributed by atoms with Gasteiger partial charge in [-0.2, -0.15) is 0 Å². The Morgan fingerprint density at radius 2 is 2.24 bits per heavy atom. The zero-order valence-corrected chi connectivity index (χ0v) is 11.9. The summed E-state index contributed by atoms with van der Waals surface area (Å²) in [4.78, 5) is 4.24. The number of nitrogens with zero attached hydrogens (tertiary/aromatic N) is 2. The number of hydrogen-bond donors (Lipinski definition) is 1. The topological polar surface area (TPSA) is 29.9 Å². The maximum atomic E-state index is 6.29. The molecular weight excluding hydrogens is 349 g/mol. The van der Waals surface area contributed by atoms with Crippen LogP contribution in [-0.4, -0.2) is 22.6 Å². The van der Waals surface area contributed by atoms with Crippen molar-refractivity contribution in [2.24, 2.45) is 0 Å². The monoisotopic (exact) mass is 359 g/mol. The van der Waals surface area contributed by atoms with E-state index in [1.165, 1.54) is 5.69 Å². The number of halogens is 2. The summed E-state index contributed by atoms with van der Waals surface area (Å²) in [5.41, 5.74) is 2.23. The molecular formula is C12H11ClIN3. The van der Waals surface area contributed by atoms with Crippen LogP contribution in [0.25, 0.3) is 5.69 Å². The summed E-state index contributed by atoms with van der Waals surface area (Å²) in [5, 5.41) is 4.04. The number of hydrogen-bond acceptors (Lipinski definition) is 2. The Morgan fingerprint density at radius 3 is 2.88 bits per heavy atom. The quantitative estimate of drug-likeness (QED) is 0.836. The second-order valence-electron chi connectivity index (χ2n) is 4.14. The van der Waals surface area contributed by atoms with Crippen LogP contribution in [0.3, 0.4) is 0 Å². The molecule has 0 bridgehead atoms. The van der Waals surface area contributed by atoms with Gasteiger partial charge in [0.25, 0.3) is 0 Å². The molecule has 88 valence electrons. The van der Waals surface area contributed by atoms with Crippen LogP contribution in [0.5, 0.6) is 0 Å². The van der Waals surface area contributed by atoms with Crippen molar-refractivity contribution in [1.29, 1.82) is 0 Å². The lowest BCUT2D eigenvalue weighted by molar-refractivity contribution is 0.435. The SMILES string of the molecule is Clc1cc(I)ccc1-n1cncc1C1CNC1. The minimum absolute atomic E-state index is 0.549. The molecule has 17 heavy (non-hydrogen) atoms. The third-order valence-electron chi connectivity index (χ3n) is 3.04. The highest BCUT2D eigenvalue weighted by molar-refractivity contribution is 14.1. The summed E-state index contributed by atoms with van der Waals surface area (Å²) in [7, 11) is 0. The van der Waals surface area contributed by atoms with E-state index in [1.54, 1.807) is 0 Å². The Bertz CT molecular complexity index is 548. The summed E-state index contributed by atoms with van der Waals surface area (Å²) in [6.07, 6.45) is 3.77. The normalized spacial score (nSPS) is 15.9. The van der Waals surface area contributed by atoms with Crippen LogP contribution in [0.1, 0.15) is 11.6 Å². The number of imidazole rings is 1. The maximum absolute atomic E-state index is 6.29.